The molecule has 0 fully saturated rings. The van der Waals surface area contributed by atoms with Crippen molar-refractivity contribution in [3.8, 4) is 0 Å². The highest BCUT2D eigenvalue weighted by atomic mass is 16.3. The molecule has 2 N–H and O–H groups in total. The highest BCUT2D eigenvalue weighted by Gasteiger charge is 2.08. The molecule has 2 heteroatoms. The normalized spacial score (nSPS) is 10.6. The van der Waals surface area contributed by atoms with Crippen molar-refractivity contribution in [2.45, 2.75) is 51.4 Å². The van der Waals surface area contributed by atoms with E-state index in [2.05, 4.69) is 37.4 Å². The second-order valence-electron chi connectivity index (χ2n) is 5.82. The van der Waals surface area contributed by atoms with Gasteiger partial charge in [-0.1, -0.05) is 50.3 Å². The van der Waals surface area contributed by atoms with Crippen LogP contribution in [0.4, 0.5) is 0 Å². The Hall–Kier alpha value is -1.38. The summed E-state index contributed by atoms with van der Waals surface area (Å²) in [5, 5.41) is 17.7. The summed E-state index contributed by atoms with van der Waals surface area (Å²) in [6.45, 7) is 9.02. The van der Waals surface area contributed by atoms with Crippen LogP contribution < -0.4 is 0 Å². The first kappa shape index (κ1) is 18.7. The van der Waals surface area contributed by atoms with Crippen LogP contribution in [0, 0.1) is 0 Å². The summed E-state index contributed by atoms with van der Waals surface area (Å²) in [4.78, 5) is 0. The molecule has 0 saturated heterocycles. The third kappa shape index (κ3) is 6.59. The summed E-state index contributed by atoms with van der Waals surface area (Å²) >= 11 is 0. The van der Waals surface area contributed by atoms with Crippen LogP contribution in [0.25, 0.3) is 11.1 Å². The van der Waals surface area contributed by atoms with Gasteiger partial charge < -0.3 is 10.2 Å². The van der Waals surface area contributed by atoms with Gasteiger partial charge in [-0.05, 0) is 60.8 Å². The van der Waals surface area contributed by atoms with E-state index in [1.54, 1.807) is 0 Å². The molecule has 122 valence electrons. The molecule has 0 spiro atoms. The first-order valence-electron chi connectivity index (χ1n) is 8.37. The predicted molar refractivity (Wildman–Crippen MR) is 95.6 cm³/mol. The van der Waals surface area contributed by atoms with Gasteiger partial charge in [-0.25, -0.2) is 0 Å². The van der Waals surface area contributed by atoms with Gasteiger partial charge in [-0.15, -0.1) is 0 Å². The van der Waals surface area contributed by atoms with Crippen LogP contribution in [0.1, 0.15) is 62.5 Å². The van der Waals surface area contributed by atoms with E-state index in [-0.39, 0.29) is 13.2 Å². The topological polar surface area (TPSA) is 40.5 Å². The van der Waals surface area contributed by atoms with Gasteiger partial charge >= 0.3 is 0 Å². The quantitative estimate of drug-likeness (QED) is 0.543. The van der Waals surface area contributed by atoms with Crippen molar-refractivity contribution in [3.05, 3.63) is 48.6 Å². The molecule has 0 aliphatic carbocycles. The second-order valence-corrected chi connectivity index (χ2v) is 5.82. The molecule has 0 heterocycles. The van der Waals surface area contributed by atoms with Crippen LogP contribution >= 0.6 is 0 Å². The van der Waals surface area contributed by atoms with E-state index >= 15 is 0 Å². The highest BCUT2D eigenvalue weighted by molar-refractivity contribution is 5.78. The van der Waals surface area contributed by atoms with Gasteiger partial charge in [-0.2, -0.15) is 0 Å². The maximum atomic E-state index is 8.84. The van der Waals surface area contributed by atoms with Gasteiger partial charge in [0.1, 0.15) is 0 Å². The molecule has 22 heavy (non-hydrogen) atoms. The fourth-order valence-electron chi connectivity index (χ4n) is 2.62. The van der Waals surface area contributed by atoms with Crippen LogP contribution in [-0.4, -0.2) is 23.4 Å². The van der Waals surface area contributed by atoms with E-state index in [0.29, 0.717) is 0 Å². The number of benzene rings is 1. The fourth-order valence-corrected chi connectivity index (χ4v) is 2.62. The lowest BCUT2D eigenvalue weighted by molar-refractivity contribution is 0.283. The maximum absolute atomic E-state index is 8.84. The Balaban J connectivity index is 2.60. The number of unbranched alkanes of at least 4 members (excludes halogenated alkanes) is 4. The minimum Gasteiger partial charge on any atom is -0.396 e. The molecule has 0 amide bonds. The number of hydrogen-bond acceptors (Lipinski definition) is 2. The predicted octanol–water partition coefficient (Wildman–Crippen LogP) is 4.82. The summed E-state index contributed by atoms with van der Waals surface area (Å²) in [7, 11) is 0. The first-order valence-corrected chi connectivity index (χ1v) is 8.37. The van der Waals surface area contributed by atoms with Crippen LogP contribution in [-0.2, 0) is 0 Å². The monoisotopic (exact) mass is 302 g/mol. The van der Waals surface area contributed by atoms with Crippen molar-refractivity contribution in [2.24, 2.45) is 0 Å². The van der Waals surface area contributed by atoms with Crippen molar-refractivity contribution >= 4 is 11.1 Å². The third-order valence-corrected chi connectivity index (χ3v) is 3.96. The minimum atomic E-state index is 0.272. The Morgan fingerprint density at radius 1 is 0.682 bits per heavy atom. The molecule has 0 radical (unpaired) electrons. The molecule has 1 aromatic carbocycles. The van der Waals surface area contributed by atoms with Gasteiger partial charge in [0.25, 0.3) is 0 Å². The van der Waals surface area contributed by atoms with E-state index < -0.39 is 0 Å². The van der Waals surface area contributed by atoms with Crippen molar-refractivity contribution in [2.75, 3.05) is 13.2 Å². The van der Waals surface area contributed by atoms with Gasteiger partial charge in [-0.3, -0.25) is 0 Å². The van der Waals surface area contributed by atoms with E-state index in [1.807, 2.05) is 0 Å². The Morgan fingerprint density at radius 2 is 1.09 bits per heavy atom. The summed E-state index contributed by atoms with van der Waals surface area (Å²) in [6, 6.07) is 8.36. The molecule has 0 saturated carbocycles. The number of aliphatic hydroxyl groups is 2. The van der Waals surface area contributed by atoms with E-state index in [9.17, 15) is 0 Å². The fraction of sp³-hybridized carbons (Fsp3) is 0.500. The Kier molecular flexibility index (Phi) is 9.52. The van der Waals surface area contributed by atoms with Crippen LogP contribution in [0.2, 0.25) is 0 Å². The standard InChI is InChI=1S/C20H30O2/c1-17(11-5-3-9-15-21)19-13-7-8-14-20(19)18(2)12-6-4-10-16-22/h7-8,13-14,21-22H,1-6,9-12,15-16H2. The van der Waals surface area contributed by atoms with E-state index in [0.717, 1.165) is 62.5 Å². The molecule has 0 aliphatic heterocycles. The SMILES string of the molecule is C=C(CCCCCO)c1ccccc1C(=C)CCCCCO. The minimum absolute atomic E-state index is 0.272. The molecule has 1 rings (SSSR count). The zero-order valence-electron chi connectivity index (χ0n) is 13.7. The van der Waals surface area contributed by atoms with Crippen molar-refractivity contribution in [3.63, 3.8) is 0 Å². The molecule has 2 nitrogen and oxygen atoms in total. The summed E-state index contributed by atoms with van der Waals surface area (Å²) in [5.74, 6) is 0. The van der Waals surface area contributed by atoms with Gasteiger partial charge in [0.05, 0.1) is 0 Å². The maximum Gasteiger partial charge on any atom is 0.0431 e. The second kappa shape index (κ2) is 11.2. The molecular formula is C20H30O2. The van der Waals surface area contributed by atoms with Gasteiger partial charge in [0.15, 0.2) is 0 Å². The Morgan fingerprint density at radius 3 is 1.45 bits per heavy atom. The van der Waals surface area contributed by atoms with Crippen molar-refractivity contribution < 1.29 is 10.2 Å². The molecule has 0 bridgehead atoms. The molecule has 0 aromatic heterocycles. The van der Waals surface area contributed by atoms with Gasteiger partial charge in [0.2, 0.25) is 0 Å². The molecule has 1 aromatic rings. The lowest BCUT2D eigenvalue weighted by Gasteiger charge is -2.14. The number of allylic oxidation sites excluding steroid dienone is 2. The number of rotatable bonds is 12. The lowest BCUT2D eigenvalue weighted by atomic mass is 9.91. The number of hydrogen-bond donors (Lipinski definition) is 2. The Labute approximate surface area is 135 Å². The number of aliphatic hydroxyl groups excluding tert-OH is 2. The van der Waals surface area contributed by atoms with E-state index in [4.69, 9.17) is 10.2 Å². The molecule has 0 aliphatic rings. The van der Waals surface area contributed by atoms with Crippen LogP contribution in [0.5, 0.6) is 0 Å². The lowest BCUT2D eigenvalue weighted by Crippen LogP contribution is -1.94. The molecular weight excluding hydrogens is 272 g/mol. The smallest absolute Gasteiger partial charge is 0.0431 e. The average Bonchev–Trinajstić information content (AvgIpc) is 2.55. The van der Waals surface area contributed by atoms with Crippen molar-refractivity contribution in [1.29, 1.82) is 0 Å². The zero-order chi connectivity index (χ0) is 16.2. The first-order chi connectivity index (χ1) is 10.7. The van der Waals surface area contributed by atoms with Gasteiger partial charge in [0, 0.05) is 13.2 Å². The zero-order valence-corrected chi connectivity index (χ0v) is 13.7. The summed E-state index contributed by atoms with van der Waals surface area (Å²) in [6.07, 6.45) is 7.88. The van der Waals surface area contributed by atoms with Crippen LogP contribution in [0.3, 0.4) is 0 Å². The third-order valence-electron chi connectivity index (χ3n) is 3.96. The summed E-state index contributed by atoms with van der Waals surface area (Å²) in [5.41, 5.74) is 4.73. The molecule has 0 atom stereocenters. The van der Waals surface area contributed by atoms with E-state index in [1.165, 1.54) is 11.1 Å². The largest absolute Gasteiger partial charge is 0.396 e. The highest BCUT2D eigenvalue weighted by Crippen LogP contribution is 2.29. The van der Waals surface area contributed by atoms with Crippen LogP contribution in [0.15, 0.2) is 37.4 Å². The average molecular weight is 302 g/mol. The summed E-state index contributed by atoms with van der Waals surface area (Å²) < 4.78 is 0. The van der Waals surface area contributed by atoms with Crippen molar-refractivity contribution in [1.82, 2.24) is 0 Å². The Bertz CT molecular complexity index is 420. The molecule has 0 unspecified atom stereocenters.